The molecule has 7 heterocycles. The van der Waals surface area contributed by atoms with Gasteiger partial charge in [-0.1, -0.05) is 260 Å². The van der Waals surface area contributed by atoms with Crippen molar-refractivity contribution >= 4 is 70.9 Å². The second-order valence-electron chi connectivity index (χ2n) is 38.0. The molecule has 15 rings (SSSR count). The molecule has 0 bridgehead atoms. The zero-order valence-corrected chi connectivity index (χ0v) is 85.1. The van der Waals surface area contributed by atoms with Gasteiger partial charge < -0.3 is 78.5 Å². The van der Waals surface area contributed by atoms with Crippen molar-refractivity contribution in [3.63, 3.8) is 0 Å². The normalized spacial score (nSPS) is 20.9. The second-order valence-corrected chi connectivity index (χ2v) is 38.0. The molecule has 0 spiro atoms. The molecule has 141 heavy (non-hydrogen) atoms. The van der Waals surface area contributed by atoms with Crippen LogP contribution in [0.25, 0.3) is 0 Å². The van der Waals surface area contributed by atoms with E-state index in [1.54, 1.807) is 135 Å². The summed E-state index contributed by atoms with van der Waals surface area (Å²) in [4.78, 5) is 175. The van der Waals surface area contributed by atoms with Crippen LogP contribution in [0.3, 0.4) is 0 Å². The van der Waals surface area contributed by atoms with Gasteiger partial charge in [-0.25, -0.2) is 0 Å². The highest BCUT2D eigenvalue weighted by Crippen LogP contribution is 2.43. The second kappa shape index (κ2) is 50.8. The maximum atomic E-state index is 13.1. The number of rotatable bonds is 26. The van der Waals surface area contributed by atoms with Crippen molar-refractivity contribution in [2.75, 3.05) is 56.5 Å². The lowest BCUT2D eigenvalue weighted by molar-refractivity contribution is -0.137. The van der Waals surface area contributed by atoms with Crippen LogP contribution >= 0.6 is 0 Å². The smallest absolute Gasteiger partial charge is 0.247 e. The summed E-state index contributed by atoms with van der Waals surface area (Å²) in [5.41, 5.74) is 9.74. The third-order valence-electron chi connectivity index (χ3n) is 26.2. The summed E-state index contributed by atoms with van der Waals surface area (Å²) in [5, 5.41) is 18.1. The van der Waals surface area contributed by atoms with Crippen molar-refractivity contribution in [1.29, 1.82) is 0 Å². The molecule has 0 saturated carbocycles. The van der Waals surface area contributed by atoms with Crippen molar-refractivity contribution in [1.82, 2.24) is 63.8 Å². The minimum Gasteiger partial charge on any atom is -0.497 e. The van der Waals surface area contributed by atoms with Crippen LogP contribution in [0.4, 0.5) is 0 Å². The Morgan fingerprint density at radius 2 is 0.582 bits per heavy atom. The van der Waals surface area contributed by atoms with Crippen molar-refractivity contribution in [3.8, 4) is 11.5 Å². The van der Waals surface area contributed by atoms with E-state index >= 15 is 0 Å². The Bertz CT molecular complexity index is 5560. The number of amides is 12. The number of carbonyl (C=O) groups is 12. The molecule has 6 aliphatic heterocycles. The lowest BCUT2D eigenvalue weighted by Crippen LogP contribution is -2.41. The highest BCUT2D eigenvalue weighted by atomic mass is 16.5. The summed E-state index contributed by atoms with van der Waals surface area (Å²) < 4.78 is 10.4. The van der Waals surface area contributed by atoms with Crippen molar-refractivity contribution in [2.45, 2.75) is 233 Å². The maximum Gasteiger partial charge on any atom is 0.247 e. The lowest BCUT2D eigenvalue weighted by Gasteiger charge is -2.30. The van der Waals surface area contributed by atoms with Crippen LogP contribution in [-0.4, -0.2) is 244 Å². The van der Waals surface area contributed by atoms with Gasteiger partial charge in [0.2, 0.25) is 70.9 Å². The molecular weight excluding hydrogens is 1780 g/mol. The highest BCUT2D eigenvalue weighted by Gasteiger charge is 2.53. The fourth-order valence-corrected chi connectivity index (χ4v) is 19.5. The minimum atomic E-state index is -1.44. The van der Waals surface area contributed by atoms with Gasteiger partial charge in [-0.3, -0.25) is 62.5 Å². The van der Waals surface area contributed by atoms with E-state index in [-0.39, 0.29) is 133 Å². The van der Waals surface area contributed by atoms with Crippen LogP contribution in [0.15, 0.2) is 249 Å². The van der Waals surface area contributed by atoms with Gasteiger partial charge in [0.05, 0.1) is 14.2 Å². The fourth-order valence-electron chi connectivity index (χ4n) is 19.5. The predicted octanol–water partition coefficient (Wildman–Crippen LogP) is 15.1. The van der Waals surface area contributed by atoms with Gasteiger partial charge in [-0.15, -0.1) is 0 Å². The number of aromatic nitrogens is 1. The Morgan fingerprint density at radius 1 is 0.326 bits per heavy atom. The van der Waals surface area contributed by atoms with Crippen molar-refractivity contribution < 1.29 is 77.2 Å². The number of aliphatic hydroxyl groups is 2. The Labute approximate surface area is 831 Å². The fraction of sp³-hybridized carbons (Fsp3) is 0.420. The third kappa shape index (κ3) is 26.8. The van der Waals surface area contributed by atoms with Gasteiger partial charge in [-0.2, -0.15) is 0 Å². The summed E-state index contributed by atoms with van der Waals surface area (Å²) in [6.07, 6.45) is 5.10. The van der Waals surface area contributed by atoms with E-state index in [0.717, 1.165) is 68.0 Å². The number of ether oxygens (including phenoxy) is 2. The van der Waals surface area contributed by atoms with Gasteiger partial charge in [0.25, 0.3) is 0 Å². The zero-order chi connectivity index (χ0) is 103. The molecule has 29 nitrogen and oxygen atoms in total. The molecule has 0 aliphatic carbocycles. The summed E-state index contributed by atoms with van der Waals surface area (Å²) in [7, 11) is 13.8. The van der Waals surface area contributed by atoms with Crippen LogP contribution in [0, 0.1) is 24.7 Å². The van der Waals surface area contributed by atoms with Crippen molar-refractivity contribution in [2.24, 2.45) is 17.8 Å². The molecule has 12 unspecified atom stereocenters. The summed E-state index contributed by atoms with van der Waals surface area (Å²) >= 11 is 0. The standard InChI is InChI=1S/C22H26N2O3.C21H25N3O4.C20H22N2O3.C17H24N2O2.2C16H22N2O2/c1-4-8-20(25)24-19(15-16-11-13-18(27-3)14-12-16)22(26)23(2)21(24)17-9-6-5-7-10-17;1-23-20(16-8-3-2-4-9-16)24(18(25)10-5-11-19(26)27)17(21(23)28)13-15-7-6-12-22-14-15;1-14(23)22-18(13-15-9-11-17(25-3)12-10-15)20(24)21(2)19(22)16-7-5-4-6-8-16;1-11(2)10-15-17(21)18(5)16(19(15)13(4)20)14-8-6-12(3)7-9-14;2*1-11(2)10-14-16(20)17(4)15(18(14)12(3)19)13-8-6-5-7-9-13/h5-7,9-14,19,21H,4,8,15H2,1-3H3;2-4,6-9,12,14,17,19-20,26-27H,5,10-11,13H2,1H3;4-12,18-19H,13H2,1-3H3;6-9,11,15-16H,10H2,1-5H3;2*5-9,11,14-15H,10H2,1-4H3. The lowest BCUT2D eigenvalue weighted by atomic mass is 10.0. The van der Waals surface area contributed by atoms with Gasteiger partial charge >= 0.3 is 0 Å². The Balaban J connectivity index is 0.000000175. The topological polar surface area (TPSA) is 316 Å². The number of benzene rings is 8. The number of likely N-dealkylation sites (N-methyl/N-ethyl adjacent to an activating group) is 6. The van der Waals surface area contributed by atoms with E-state index < -0.39 is 30.6 Å². The first-order valence-electron chi connectivity index (χ1n) is 48.5. The number of nitrogens with zero attached hydrogens (tertiary/aromatic N) is 13. The molecule has 29 heteroatoms. The molecular formula is C112H141N13O16. The Hall–Kier alpha value is -13.9. The average Bonchev–Trinajstić information content (AvgIpc) is 1.62. The molecule has 0 radical (unpaired) electrons. The molecule has 6 saturated heterocycles. The van der Waals surface area contributed by atoms with E-state index in [1.165, 1.54) is 26.3 Å². The number of hydrogen-bond donors (Lipinski definition) is 2. The monoisotopic (exact) mass is 1920 g/mol. The first-order valence-corrected chi connectivity index (χ1v) is 48.5. The molecule has 12 amide bonds. The van der Waals surface area contributed by atoms with Gasteiger partial charge in [0.1, 0.15) is 84.7 Å². The van der Waals surface area contributed by atoms with Gasteiger partial charge in [0, 0.05) is 114 Å². The molecule has 2 N–H and O–H groups in total. The van der Waals surface area contributed by atoms with Gasteiger partial charge in [-0.05, 0) is 144 Å². The number of hydrogen-bond acceptors (Lipinski definition) is 17. The molecule has 1 aromatic heterocycles. The van der Waals surface area contributed by atoms with Crippen LogP contribution in [-0.2, 0) is 76.8 Å². The first kappa shape index (κ1) is 109. The quantitative estimate of drug-likeness (QED) is 0.0476. The zero-order valence-electron chi connectivity index (χ0n) is 85.1. The highest BCUT2D eigenvalue weighted by molar-refractivity contribution is 5.95. The van der Waals surface area contributed by atoms with E-state index in [9.17, 15) is 57.5 Å². The van der Waals surface area contributed by atoms with Crippen LogP contribution in [0.2, 0.25) is 0 Å². The predicted molar refractivity (Wildman–Crippen MR) is 540 cm³/mol. The number of aryl methyl sites for hydroxylation is 1. The molecule has 8 aromatic carbocycles. The SMILES string of the molecule is CC(=O)N1C(CC(C)C)C(=O)N(C)C1c1ccc(C)cc1.CC(=O)N1C(CC(C)C)C(=O)N(C)C1c1ccccc1.CC(=O)N1C(CC(C)C)C(=O)N(C)C1c1ccccc1.CCCC(=O)N1C(Cc2ccc(OC)cc2)C(=O)N(C)C1c1ccccc1.CN1C(=O)C(Cc2cccnc2)N(C(=O)CCCC(O)O)C1c1ccccc1.COc1ccc(CC2C(=O)N(C)C(c3ccccc3)N2C(C)=O)cc1. The number of aliphatic hydroxyl groups excluding tert-OH is 1. The number of carbonyl (C=O) groups excluding carboxylic acids is 12. The van der Waals surface area contributed by atoms with Crippen LogP contribution < -0.4 is 9.47 Å². The Morgan fingerprint density at radius 3 is 0.837 bits per heavy atom. The molecule has 6 aliphatic rings. The summed E-state index contributed by atoms with van der Waals surface area (Å²) in [6, 6.07) is 72.6. The third-order valence-corrected chi connectivity index (χ3v) is 26.2. The number of pyridine rings is 1. The van der Waals surface area contributed by atoms with E-state index in [1.807, 2.05) is 250 Å². The molecule has 750 valence electrons. The van der Waals surface area contributed by atoms with E-state index in [4.69, 9.17) is 19.7 Å². The minimum absolute atomic E-state index is 0.0163. The van der Waals surface area contributed by atoms with E-state index in [2.05, 4.69) is 46.5 Å². The Kier molecular flexibility index (Phi) is 39.3. The average molecular weight is 1930 g/mol. The molecule has 12 atom stereocenters. The maximum absolute atomic E-state index is 13.1. The largest absolute Gasteiger partial charge is 0.497 e. The van der Waals surface area contributed by atoms with Crippen LogP contribution in [0.1, 0.15) is 220 Å². The summed E-state index contributed by atoms with van der Waals surface area (Å²) in [5.74, 6) is 2.13. The molecule has 9 aromatic rings. The summed E-state index contributed by atoms with van der Waals surface area (Å²) in [6.45, 7) is 22.6. The first-order chi connectivity index (χ1) is 67.3. The number of methoxy groups -OCH3 is 2. The van der Waals surface area contributed by atoms with Crippen LogP contribution in [0.5, 0.6) is 11.5 Å². The molecule has 6 fully saturated rings. The van der Waals surface area contributed by atoms with E-state index in [0.29, 0.717) is 69.1 Å². The van der Waals surface area contributed by atoms with Crippen molar-refractivity contribution in [3.05, 3.63) is 305 Å². The van der Waals surface area contributed by atoms with Gasteiger partial charge in [0.15, 0.2) is 6.29 Å².